The van der Waals surface area contributed by atoms with E-state index in [-0.39, 0.29) is 6.42 Å². The fraction of sp³-hybridized carbons (Fsp3) is 0.286. The molecule has 18 heavy (non-hydrogen) atoms. The van der Waals surface area contributed by atoms with Gasteiger partial charge in [0.05, 0.1) is 17.8 Å². The molecule has 1 N–H and O–H groups in total. The molecule has 4 nitrogen and oxygen atoms in total. The van der Waals surface area contributed by atoms with Crippen molar-refractivity contribution in [2.75, 3.05) is 0 Å². The monoisotopic (exact) mass is 244 g/mol. The molecule has 1 aromatic carbocycles. The van der Waals surface area contributed by atoms with Crippen molar-refractivity contribution in [1.29, 1.82) is 0 Å². The Labute approximate surface area is 106 Å². The van der Waals surface area contributed by atoms with Crippen LogP contribution in [0.5, 0.6) is 0 Å². The molecule has 1 heterocycles. The van der Waals surface area contributed by atoms with Gasteiger partial charge in [-0.1, -0.05) is 29.8 Å². The lowest BCUT2D eigenvalue weighted by molar-refractivity contribution is -0.136. The molecule has 94 valence electrons. The van der Waals surface area contributed by atoms with Gasteiger partial charge in [0.2, 0.25) is 0 Å². The summed E-state index contributed by atoms with van der Waals surface area (Å²) >= 11 is 0. The van der Waals surface area contributed by atoms with E-state index in [9.17, 15) is 4.79 Å². The highest BCUT2D eigenvalue weighted by Crippen LogP contribution is 2.24. The molecule has 0 spiro atoms. The molecule has 0 radical (unpaired) electrons. The van der Waals surface area contributed by atoms with Gasteiger partial charge in [-0.3, -0.25) is 9.48 Å². The second-order valence-electron chi connectivity index (χ2n) is 4.48. The highest BCUT2D eigenvalue weighted by Gasteiger charge is 2.15. The van der Waals surface area contributed by atoms with Crippen molar-refractivity contribution in [2.45, 2.75) is 20.3 Å². The molecule has 2 aromatic rings. The summed E-state index contributed by atoms with van der Waals surface area (Å²) in [6.07, 6.45) is 0.00119. The highest BCUT2D eigenvalue weighted by molar-refractivity contribution is 5.72. The molecular weight excluding hydrogens is 228 g/mol. The first-order chi connectivity index (χ1) is 8.49. The summed E-state index contributed by atoms with van der Waals surface area (Å²) in [6.45, 7) is 3.95. The number of hydrogen-bond acceptors (Lipinski definition) is 2. The zero-order valence-electron chi connectivity index (χ0n) is 10.8. The van der Waals surface area contributed by atoms with Crippen LogP contribution in [0, 0.1) is 13.8 Å². The van der Waals surface area contributed by atoms with Crippen molar-refractivity contribution in [1.82, 2.24) is 9.78 Å². The van der Waals surface area contributed by atoms with Crippen LogP contribution in [0.25, 0.3) is 11.3 Å². The van der Waals surface area contributed by atoms with Crippen LogP contribution in [0.4, 0.5) is 0 Å². The molecule has 0 saturated heterocycles. The Balaban J connectivity index is 2.46. The van der Waals surface area contributed by atoms with Gasteiger partial charge in [-0.15, -0.1) is 0 Å². The molecule has 2 rings (SSSR count). The van der Waals surface area contributed by atoms with E-state index < -0.39 is 5.97 Å². The number of hydrogen-bond donors (Lipinski definition) is 1. The number of benzene rings is 1. The zero-order chi connectivity index (χ0) is 13.3. The molecule has 0 aliphatic heterocycles. The summed E-state index contributed by atoms with van der Waals surface area (Å²) < 4.78 is 1.65. The first kappa shape index (κ1) is 12.4. The van der Waals surface area contributed by atoms with Gasteiger partial charge in [-0.25, -0.2) is 0 Å². The van der Waals surface area contributed by atoms with Crippen molar-refractivity contribution in [3.63, 3.8) is 0 Å². The molecule has 0 atom stereocenters. The minimum Gasteiger partial charge on any atom is -0.481 e. The van der Waals surface area contributed by atoms with Gasteiger partial charge in [0.15, 0.2) is 0 Å². The summed E-state index contributed by atoms with van der Waals surface area (Å²) in [5, 5.41) is 13.3. The Bertz CT molecular complexity index is 583. The molecular formula is C14H16N2O2. The van der Waals surface area contributed by atoms with Crippen LogP contribution in [-0.4, -0.2) is 20.9 Å². The van der Waals surface area contributed by atoms with Crippen molar-refractivity contribution in [3.05, 3.63) is 41.1 Å². The predicted molar refractivity (Wildman–Crippen MR) is 69.5 cm³/mol. The maximum absolute atomic E-state index is 10.8. The SMILES string of the molecule is Cc1ccc(-c2nn(C)c(CC(=O)O)c2C)cc1. The number of aryl methyl sites for hydroxylation is 2. The fourth-order valence-electron chi connectivity index (χ4n) is 2.04. The van der Waals surface area contributed by atoms with Crippen LogP contribution >= 0.6 is 0 Å². The van der Waals surface area contributed by atoms with Crippen molar-refractivity contribution in [3.8, 4) is 11.3 Å². The van der Waals surface area contributed by atoms with E-state index in [1.54, 1.807) is 11.7 Å². The number of nitrogens with zero attached hydrogens (tertiary/aromatic N) is 2. The maximum Gasteiger partial charge on any atom is 0.309 e. The first-order valence-electron chi connectivity index (χ1n) is 5.80. The van der Waals surface area contributed by atoms with Crippen molar-refractivity contribution >= 4 is 5.97 Å². The molecule has 0 fully saturated rings. The second-order valence-corrected chi connectivity index (χ2v) is 4.48. The number of carboxylic acid groups (broad SMARTS) is 1. The highest BCUT2D eigenvalue weighted by atomic mass is 16.4. The number of carboxylic acids is 1. The number of aromatic nitrogens is 2. The smallest absolute Gasteiger partial charge is 0.309 e. The fourth-order valence-corrected chi connectivity index (χ4v) is 2.04. The lowest BCUT2D eigenvalue weighted by Gasteiger charge is -2.00. The van der Waals surface area contributed by atoms with Gasteiger partial charge in [0.25, 0.3) is 0 Å². The third kappa shape index (κ3) is 2.27. The Morgan fingerprint density at radius 1 is 1.28 bits per heavy atom. The lowest BCUT2D eigenvalue weighted by atomic mass is 10.0. The molecule has 1 aromatic heterocycles. The van der Waals surface area contributed by atoms with E-state index in [0.29, 0.717) is 0 Å². The third-order valence-electron chi connectivity index (χ3n) is 3.07. The topological polar surface area (TPSA) is 55.1 Å². The van der Waals surface area contributed by atoms with E-state index in [2.05, 4.69) is 5.10 Å². The van der Waals surface area contributed by atoms with Crippen molar-refractivity contribution < 1.29 is 9.90 Å². The average Bonchev–Trinajstić information content (AvgIpc) is 2.58. The predicted octanol–water partition coefficient (Wildman–Crippen LogP) is 2.33. The molecule has 0 unspecified atom stereocenters. The molecule has 0 aliphatic rings. The molecule has 0 saturated carbocycles. The van der Waals surface area contributed by atoms with Crippen LogP contribution in [-0.2, 0) is 18.3 Å². The quantitative estimate of drug-likeness (QED) is 0.901. The standard InChI is InChI=1S/C14H16N2O2/c1-9-4-6-11(7-5-9)14-10(2)12(8-13(17)18)16(3)15-14/h4-7H,8H2,1-3H3,(H,17,18). The van der Waals surface area contributed by atoms with Gasteiger partial charge in [-0.05, 0) is 19.4 Å². The Hall–Kier alpha value is -2.10. The zero-order valence-corrected chi connectivity index (χ0v) is 10.8. The van der Waals surface area contributed by atoms with Crippen LogP contribution in [0.15, 0.2) is 24.3 Å². The minimum absolute atomic E-state index is 0.00119. The lowest BCUT2D eigenvalue weighted by Crippen LogP contribution is -2.06. The second kappa shape index (κ2) is 4.64. The Kier molecular flexibility index (Phi) is 3.19. The summed E-state index contributed by atoms with van der Waals surface area (Å²) in [6, 6.07) is 8.07. The number of aliphatic carboxylic acids is 1. The summed E-state index contributed by atoms with van der Waals surface area (Å²) in [5.41, 5.74) is 4.75. The van der Waals surface area contributed by atoms with Gasteiger partial charge in [0.1, 0.15) is 0 Å². The van der Waals surface area contributed by atoms with Crippen LogP contribution < -0.4 is 0 Å². The van der Waals surface area contributed by atoms with Crippen LogP contribution in [0.1, 0.15) is 16.8 Å². The van der Waals surface area contributed by atoms with Crippen LogP contribution in [0.2, 0.25) is 0 Å². The number of carbonyl (C=O) groups is 1. The molecule has 0 aliphatic carbocycles. The first-order valence-corrected chi connectivity index (χ1v) is 5.80. The van der Waals surface area contributed by atoms with Gasteiger partial charge < -0.3 is 5.11 Å². The Morgan fingerprint density at radius 3 is 2.44 bits per heavy atom. The van der Waals surface area contributed by atoms with E-state index in [1.807, 2.05) is 38.1 Å². The van der Waals surface area contributed by atoms with Gasteiger partial charge >= 0.3 is 5.97 Å². The summed E-state index contributed by atoms with van der Waals surface area (Å²) in [7, 11) is 1.78. The molecule has 0 amide bonds. The third-order valence-corrected chi connectivity index (χ3v) is 3.07. The van der Waals surface area contributed by atoms with E-state index in [0.717, 1.165) is 22.5 Å². The van der Waals surface area contributed by atoms with E-state index in [4.69, 9.17) is 5.11 Å². The van der Waals surface area contributed by atoms with Crippen molar-refractivity contribution in [2.24, 2.45) is 7.05 Å². The largest absolute Gasteiger partial charge is 0.481 e. The Morgan fingerprint density at radius 2 is 1.89 bits per heavy atom. The van der Waals surface area contributed by atoms with Crippen LogP contribution in [0.3, 0.4) is 0 Å². The maximum atomic E-state index is 10.8. The molecule has 0 bridgehead atoms. The van der Waals surface area contributed by atoms with E-state index in [1.165, 1.54) is 5.56 Å². The van der Waals surface area contributed by atoms with Gasteiger partial charge in [0, 0.05) is 12.6 Å². The normalized spacial score (nSPS) is 10.6. The average molecular weight is 244 g/mol. The van der Waals surface area contributed by atoms with Gasteiger partial charge in [-0.2, -0.15) is 5.10 Å². The summed E-state index contributed by atoms with van der Waals surface area (Å²) in [5.74, 6) is -0.837. The molecule has 4 heteroatoms. The number of rotatable bonds is 3. The minimum atomic E-state index is -0.837. The van der Waals surface area contributed by atoms with E-state index >= 15 is 0 Å². The summed E-state index contributed by atoms with van der Waals surface area (Å²) in [4.78, 5) is 10.8.